The van der Waals surface area contributed by atoms with Gasteiger partial charge in [0.15, 0.2) is 0 Å². The van der Waals surface area contributed by atoms with Crippen LogP contribution in [-0.2, 0) is 13.2 Å². The molecule has 0 saturated heterocycles. The van der Waals surface area contributed by atoms with Gasteiger partial charge in [-0.25, -0.2) is 4.98 Å². The third-order valence-corrected chi connectivity index (χ3v) is 5.66. The first-order valence-corrected chi connectivity index (χ1v) is 10.1. The zero-order valence-corrected chi connectivity index (χ0v) is 17.2. The number of nitrogens with zero attached hydrogens (tertiary/aromatic N) is 2. The van der Waals surface area contributed by atoms with Crippen molar-refractivity contribution in [2.75, 3.05) is 0 Å². The van der Waals surface area contributed by atoms with Gasteiger partial charge in [0.1, 0.15) is 23.1 Å². The Labute approximate surface area is 176 Å². The molecular weight excluding hydrogens is 410 g/mol. The minimum absolute atomic E-state index is 0.301. The summed E-state index contributed by atoms with van der Waals surface area (Å²) in [5.41, 5.74) is 8.33. The van der Waals surface area contributed by atoms with Gasteiger partial charge in [0.25, 0.3) is 5.91 Å². The smallest absolute Gasteiger partial charge is 0.250 e. The Morgan fingerprint density at radius 1 is 1.31 bits per heavy atom. The highest BCUT2D eigenvalue weighted by molar-refractivity contribution is 7.09. The van der Waals surface area contributed by atoms with Gasteiger partial charge in [-0.3, -0.25) is 4.79 Å². The second-order valence-electron chi connectivity index (χ2n) is 6.40. The monoisotopic (exact) mass is 427 g/mol. The van der Waals surface area contributed by atoms with Gasteiger partial charge in [-0.2, -0.15) is 0 Å². The van der Waals surface area contributed by atoms with Crippen LogP contribution in [0.3, 0.4) is 0 Å². The first kappa shape index (κ1) is 19.3. The minimum atomic E-state index is -0.473. The van der Waals surface area contributed by atoms with Crippen LogP contribution in [0.25, 0.3) is 11.4 Å². The third kappa shape index (κ3) is 4.06. The van der Waals surface area contributed by atoms with E-state index in [1.165, 1.54) is 11.3 Å². The molecule has 6 nitrogen and oxygen atoms in total. The van der Waals surface area contributed by atoms with E-state index in [9.17, 15) is 4.79 Å². The maximum atomic E-state index is 11.9. The number of hydrogen-bond donors (Lipinski definition) is 1. The van der Waals surface area contributed by atoms with Gasteiger partial charge >= 0.3 is 0 Å². The molecule has 29 heavy (non-hydrogen) atoms. The summed E-state index contributed by atoms with van der Waals surface area (Å²) in [5.74, 6) is 0.914. The number of carbonyl (C=O) groups excluding carboxylic acids is 1. The van der Waals surface area contributed by atoms with Crippen molar-refractivity contribution in [1.82, 2.24) is 9.55 Å². The molecule has 0 fully saturated rings. The van der Waals surface area contributed by atoms with E-state index in [0.717, 1.165) is 27.8 Å². The number of thiazole rings is 1. The zero-order chi connectivity index (χ0) is 20.4. The average molecular weight is 428 g/mol. The van der Waals surface area contributed by atoms with Crippen molar-refractivity contribution in [3.05, 3.63) is 81.2 Å². The summed E-state index contributed by atoms with van der Waals surface area (Å²) in [6.45, 7) is 2.64. The standard InChI is InChI=1S/C21H18ClN3O3S/c1-13-15(21(23)26)9-18(25(13)10-14-5-4-8-27-14)17-12-29-20(24-17)11-28-19-7-3-2-6-16(19)22/h2-9,12H,10-11H2,1H3,(H2,23,26). The third-order valence-electron chi connectivity index (χ3n) is 4.53. The quantitative estimate of drug-likeness (QED) is 0.455. The summed E-state index contributed by atoms with van der Waals surface area (Å²) in [5, 5.41) is 3.28. The molecule has 1 aromatic carbocycles. The van der Waals surface area contributed by atoms with Crippen molar-refractivity contribution in [2.24, 2.45) is 5.73 Å². The number of furan rings is 1. The van der Waals surface area contributed by atoms with E-state index >= 15 is 0 Å². The lowest BCUT2D eigenvalue weighted by Gasteiger charge is -2.09. The van der Waals surface area contributed by atoms with E-state index in [1.54, 1.807) is 18.4 Å². The lowest BCUT2D eigenvalue weighted by Crippen LogP contribution is -2.12. The van der Waals surface area contributed by atoms with Crippen LogP contribution in [0.5, 0.6) is 5.75 Å². The fourth-order valence-corrected chi connectivity index (χ4v) is 3.95. The number of primary amides is 1. The second-order valence-corrected chi connectivity index (χ2v) is 7.75. The van der Waals surface area contributed by atoms with Gasteiger partial charge in [0.2, 0.25) is 0 Å². The summed E-state index contributed by atoms with van der Waals surface area (Å²) in [6.07, 6.45) is 1.62. The van der Waals surface area contributed by atoms with Crippen LogP contribution < -0.4 is 10.5 Å². The summed E-state index contributed by atoms with van der Waals surface area (Å²) in [7, 11) is 0. The zero-order valence-electron chi connectivity index (χ0n) is 15.6. The van der Waals surface area contributed by atoms with Gasteiger partial charge in [0.05, 0.1) is 34.8 Å². The maximum Gasteiger partial charge on any atom is 0.250 e. The molecule has 1 amide bonds. The Balaban J connectivity index is 1.62. The molecule has 0 aliphatic carbocycles. The number of rotatable bonds is 7. The second kappa shape index (κ2) is 8.14. The normalized spacial score (nSPS) is 11.0. The lowest BCUT2D eigenvalue weighted by molar-refractivity contribution is 0.0999. The number of benzene rings is 1. The number of nitrogens with two attached hydrogens (primary N) is 1. The van der Waals surface area contributed by atoms with Crippen LogP contribution in [0.4, 0.5) is 0 Å². The number of carbonyl (C=O) groups is 1. The highest BCUT2D eigenvalue weighted by Crippen LogP contribution is 2.29. The van der Waals surface area contributed by atoms with Crippen LogP contribution in [0.15, 0.2) is 58.5 Å². The van der Waals surface area contributed by atoms with Crippen LogP contribution in [0.1, 0.15) is 26.8 Å². The first-order chi connectivity index (χ1) is 14.0. The number of para-hydroxylation sites is 1. The Hall–Kier alpha value is -3.03. The molecule has 4 rings (SSSR count). The molecular formula is C21H18ClN3O3S. The average Bonchev–Trinajstić information content (AvgIpc) is 3.43. The van der Waals surface area contributed by atoms with Gasteiger partial charge in [-0.15, -0.1) is 11.3 Å². The highest BCUT2D eigenvalue weighted by atomic mass is 35.5. The summed E-state index contributed by atoms with van der Waals surface area (Å²) in [4.78, 5) is 16.5. The Kier molecular flexibility index (Phi) is 5.42. The van der Waals surface area contributed by atoms with E-state index in [0.29, 0.717) is 29.5 Å². The lowest BCUT2D eigenvalue weighted by atomic mass is 10.2. The van der Waals surface area contributed by atoms with Crippen LogP contribution >= 0.6 is 22.9 Å². The van der Waals surface area contributed by atoms with Crippen molar-refractivity contribution >= 4 is 28.8 Å². The van der Waals surface area contributed by atoms with Crippen molar-refractivity contribution in [3.63, 3.8) is 0 Å². The molecule has 0 spiro atoms. The fourth-order valence-electron chi connectivity index (χ4n) is 3.07. The number of halogens is 1. The van der Waals surface area contributed by atoms with Crippen LogP contribution in [0.2, 0.25) is 5.02 Å². The van der Waals surface area contributed by atoms with E-state index in [2.05, 4.69) is 4.98 Å². The van der Waals surface area contributed by atoms with Crippen molar-refractivity contribution in [2.45, 2.75) is 20.1 Å². The molecule has 0 atom stereocenters. The molecule has 2 N–H and O–H groups in total. The van der Waals surface area contributed by atoms with Crippen LogP contribution in [-0.4, -0.2) is 15.5 Å². The molecule has 0 bridgehead atoms. The van der Waals surface area contributed by atoms with Gasteiger partial charge < -0.3 is 19.5 Å². The highest BCUT2D eigenvalue weighted by Gasteiger charge is 2.19. The number of hydrogen-bond acceptors (Lipinski definition) is 5. The van der Waals surface area contributed by atoms with Crippen molar-refractivity contribution < 1.29 is 13.9 Å². The van der Waals surface area contributed by atoms with Crippen molar-refractivity contribution in [1.29, 1.82) is 0 Å². The van der Waals surface area contributed by atoms with Gasteiger partial charge in [-0.05, 0) is 37.3 Å². The summed E-state index contributed by atoms with van der Waals surface area (Å²) in [6, 6.07) is 12.8. The van der Waals surface area contributed by atoms with E-state index in [4.69, 9.17) is 26.5 Å². The SMILES string of the molecule is Cc1c(C(N)=O)cc(-c2csc(COc3ccccc3Cl)n2)n1Cc1ccco1. The fraction of sp³-hybridized carbons (Fsp3) is 0.143. The molecule has 3 heterocycles. The predicted octanol–water partition coefficient (Wildman–Crippen LogP) is 4.89. The number of amides is 1. The predicted molar refractivity (Wildman–Crippen MR) is 112 cm³/mol. The molecule has 4 aromatic rings. The van der Waals surface area contributed by atoms with E-state index in [-0.39, 0.29) is 0 Å². The first-order valence-electron chi connectivity index (χ1n) is 8.87. The van der Waals surface area contributed by atoms with Crippen LogP contribution in [0, 0.1) is 6.92 Å². The van der Waals surface area contributed by atoms with Gasteiger partial charge in [0, 0.05) is 11.1 Å². The number of ether oxygens (including phenoxy) is 1. The Morgan fingerprint density at radius 2 is 2.14 bits per heavy atom. The van der Waals surface area contributed by atoms with Gasteiger partial charge in [-0.1, -0.05) is 23.7 Å². The molecule has 0 aliphatic heterocycles. The molecule has 148 valence electrons. The largest absolute Gasteiger partial charge is 0.485 e. The molecule has 3 aromatic heterocycles. The number of aromatic nitrogens is 2. The molecule has 0 unspecified atom stereocenters. The summed E-state index contributed by atoms with van der Waals surface area (Å²) < 4.78 is 13.2. The molecule has 8 heteroatoms. The maximum absolute atomic E-state index is 11.9. The molecule has 0 aliphatic rings. The molecule has 0 radical (unpaired) electrons. The topological polar surface area (TPSA) is 83.3 Å². The Bertz CT molecular complexity index is 1150. The minimum Gasteiger partial charge on any atom is -0.485 e. The van der Waals surface area contributed by atoms with E-state index < -0.39 is 5.91 Å². The Morgan fingerprint density at radius 3 is 2.86 bits per heavy atom. The molecule has 0 saturated carbocycles. The van der Waals surface area contributed by atoms with E-state index in [1.807, 2.05) is 47.2 Å². The summed E-state index contributed by atoms with van der Waals surface area (Å²) >= 11 is 7.61. The van der Waals surface area contributed by atoms with Crippen molar-refractivity contribution in [3.8, 4) is 17.1 Å².